The van der Waals surface area contributed by atoms with E-state index < -0.39 is 36.7 Å². The van der Waals surface area contributed by atoms with E-state index in [1.54, 1.807) is 19.1 Å². The molecule has 16 heteroatoms. The van der Waals surface area contributed by atoms with Crippen LogP contribution in [-0.2, 0) is 20.6 Å². The molecule has 0 amide bonds. The second kappa shape index (κ2) is 10.1. The van der Waals surface area contributed by atoms with Crippen molar-refractivity contribution in [3.05, 3.63) is 76.5 Å². The summed E-state index contributed by atoms with van der Waals surface area (Å²) in [6.07, 6.45) is 1.20. The number of hydrogen-bond donors (Lipinski definition) is 0. The van der Waals surface area contributed by atoms with E-state index in [2.05, 4.69) is 15.1 Å². The highest BCUT2D eigenvalue weighted by atomic mass is 32.2. The summed E-state index contributed by atoms with van der Waals surface area (Å²) in [5, 5.41) is 13.4. The van der Waals surface area contributed by atoms with Crippen molar-refractivity contribution < 1.29 is 30.2 Å². The second-order valence-corrected chi connectivity index (χ2v) is 12.3. The molecular weight excluding hydrogens is 585 g/mol. The van der Waals surface area contributed by atoms with E-state index in [9.17, 15) is 35.9 Å². The minimum absolute atomic E-state index is 0.0101. The van der Waals surface area contributed by atoms with E-state index in [4.69, 9.17) is 4.42 Å². The fourth-order valence-corrected chi connectivity index (χ4v) is 5.58. The van der Waals surface area contributed by atoms with Gasteiger partial charge in [0.1, 0.15) is 17.5 Å². The summed E-state index contributed by atoms with van der Waals surface area (Å²) in [6, 6.07) is 12.3. The van der Waals surface area contributed by atoms with Gasteiger partial charge in [0.15, 0.2) is 32.0 Å². The van der Waals surface area contributed by atoms with Crippen molar-refractivity contribution in [2.24, 2.45) is 0 Å². The van der Waals surface area contributed by atoms with Gasteiger partial charge in [0.05, 0.1) is 32.9 Å². The van der Waals surface area contributed by atoms with Gasteiger partial charge in [-0.05, 0) is 55.0 Å². The summed E-state index contributed by atoms with van der Waals surface area (Å²) in [4.78, 5) is 20.8. The summed E-state index contributed by atoms with van der Waals surface area (Å²) in [7, 11) is -7.24. The maximum Gasteiger partial charge on any atom is 0.475 e. The zero-order valence-corrected chi connectivity index (χ0v) is 22.7. The van der Waals surface area contributed by atoms with Crippen LogP contribution in [0.15, 0.2) is 73.9 Å². The van der Waals surface area contributed by atoms with Gasteiger partial charge in [-0.1, -0.05) is 13.0 Å². The van der Waals surface area contributed by atoms with E-state index in [1.807, 2.05) is 6.07 Å². The molecule has 2 aromatic carbocycles. The van der Waals surface area contributed by atoms with Crippen molar-refractivity contribution in [2.45, 2.75) is 29.1 Å². The predicted molar refractivity (Wildman–Crippen MR) is 140 cm³/mol. The minimum atomic E-state index is -5.00. The lowest BCUT2D eigenvalue weighted by atomic mass is 10.1. The molecule has 0 aliphatic heterocycles. The summed E-state index contributed by atoms with van der Waals surface area (Å²) < 4.78 is 84.1. The lowest BCUT2D eigenvalue weighted by molar-refractivity contribution is -0.0384. The molecule has 0 aliphatic rings. The molecule has 0 spiro atoms. The first-order valence-corrected chi connectivity index (χ1v) is 14.5. The van der Waals surface area contributed by atoms with Gasteiger partial charge < -0.3 is 4.42 Å². The van der Waals surface area contributed by atoms with Crippen molar-refractivity contribution in [1.29, 1.82) is 5.26 Å². The van der Waals surface area contributed by atoms with Gasteiger partial charge in [-0.25, -0.2) is 32.0 Å². The Balaban J connectivity index is 1.65. The quantitative estimate of drug-likeness (QED) is 0.282. The SMILES string of the molecule is CCS(=O)(=O)c1ccc(-n2ncn(-c3ccc(C)c(C#N)c3)c2=O)nc1-c1nc2cc(S(=O)C(F)(F)F)ccc2o1. The topological polar surface area (TPSA) is 154 Å². The summed E-state index contributed by atoms with van der Waals surface area (Å²) >= 11 is 0. The number of nitriles is 1. The first kappa shape index (κ1) is 27.9. The molecule has 41 heavy (non-hydrogen) atoms. The molecule has 1 unspecified atom stereocenters. The minimum Gasteiger partial charge on any atom is -0.435 e. The molecule has 0 bridgehead atoms. The number of aromatic nitrogens is 5. The van der Waals surface area contributed by atoms with Gasteiger partial charge in [0.2, 0.25) is 5.89 Å². The van der Waals surface area contributed by atoms with E-state index in [0.717, 1.165) is 22.9 Å². The van der Waals surface area contributed by atoms with Gasteiger partial charge in [0.25, 0.3) is 0 Å². The Kier molecular flexibility index (Phi) is 6.87. The number of oxazole rings is 1. The number of alkyl halides is 3. The molecule has 11 nitrogen and oxygen atoms in total. The standard InChI is InChI=1S/C25H17F3N6O5S2/c1-3-41(37,38)20-8-9-21(34-24(35)33(13-30-34)16-5-4-14(2)15(10-16)12-29)32-22(20)23-31-18-11-17(6-7-19(18)39-23)40(36)25(26,27)28/h4-11,13H,3H2,1-2H3. The largest absolute Gasteiger partial charge is 0.475 e. The molecule has 5 rings (SSSR count). The molecule has 0 aliphatic carbocycles. The highest BCUT2D eigenvalue weighted by Crippen LogP contribution is 2.32. The Morgan fingerprint density at radius 2 is 1.85 bits per heavy atom. The highest BCUT2D eigenvalue weighted by Gasteiger charge is 2.38. The number of hydrogen-bond acceptors (Lipinski definition) is 9. The fraction of sp³-hybridized carbons (Fsp3) is 0.160. The van der Waals surface area contributed by atoms with Crippen molar-refractivity contribution >= 4 is 31.7 Å². The molecule has 0 saturated heterocycles. The Bertz CT molecular complexity index is 2070. The fourth-order valence-electron chi connectivity index (χ4n) is 3.89. The molecule has 0 N–H and O–H groups in total. The first-order valence-electron chi connectivity index (χ1n) is 11.7. The number of halogens is 3. The van der Waals surface area contributed by atoms with Gasteiger partial charge in [-0.2, -0.15) is 28.2 Å². The van der Waals surface area contributed by atoms with Crippen LogP contribution < -0.4 is 5.69 Å². The number of nitrogens with zero attached hydrogens (tertiary/aromatic N) is 6. The van der Waals surface area contributed by atoms with Gasteiger partial charge in [0, 0.05) is 0 Å². The second-order valence-electron chi connectivity index (χ2n) is 8.59. The number of sulfone groups is 1. The smallest absolute Gasteiger partial charge is 0.435 e. The van der Waals surface area contributed by atoms with Gasteiger partial charge >= 0.3 is 11.2 Å². The van der Waals surface area contributed by atoms with Crippen LogP contribution in [-0.4, -0.2) is 48.2 Å². The zero-order valence-electron chi connectivity index (χ0n) is 21.1. The van der Waals surface area contributed by atoms with E-state index in [0.29, 0.717) is 16.8 Å². The predicted octanol–water partition coefficient (Wildman–Crippen LogP) is 3.83. The number of aryl methyl sites for hydroxylation is 1. The number of fused-ring (bicyclic) bond motifs is 1. The Hall–Kier alpha value is -4.62. The van der Waals surface area contributed by atoms with Crippen LogP contribution in [0, 0.1) is 18.3 Å². The Morgan fingerprint density at radius 1 is 1.10 bits per heavy atom. The number of rotatable bonds is 6. The molecule has 3 heterocycles. The zero-order chi connectivity index (χ0) is 29.7. The van der Waals surface area contributed by atoms with E-state index in [-0.39, 0.29) is 39.2 Å². The maximum atomic E-state index is 13.2. The van der Waals surface area contributed by atoms with Crippen molar-refractivity contribution in [3.8, 4) is 29.2 Å². The van der Waals surface area contributed by atoms with E-state index >= 15 is 0 Å². The summed E-state index contributed by atoms with van der Waals surface area (Å²) in [6.45, 7) is 3.15. The lowest BCUT2D eigenvalue weighted by Gasteiger charge is -2.08. The van der Waals surface area contributed by atoms with Crippen LogP contribution in [0.4, 0.5) is 13.2 Å². The molecular formula is C25H17F3N6O5S2. The van der Waals surface area contributed by atoms with Crippen LogP contribution in [0.1, 0.15) is 18.1 Å². The van der Waals surface area contributed by atoms with Crippen LogP contribution in [0.5, 0.6) is 0 Å². The third kappa shape index (κ3) is 5.05. The Morgan fingerprint density at radius 3 is 2.54 bits per heavy atom. The third-order valence-electron chi connectivity index (χ3n) is 6.05. The van der Waals surface area contributed by atoms with Crippen molar-refractivity contribution in [3.63, 3.8) is 0 Å². The molecule has 5 aromatic rings. The van der Waals surface area contributed by atoms with Crippen molar-refractivity contribution in [1.82, 2.24) is 24.3 Å². The highest BCUT2D eigenvalue weighted by molar-refractivity contribution is 7.91. The molecule has 0 radical (unpaired) electrons. The first-order chi connectivity index (χ1) is 19.3. The normalized spacial score (nSPS) is 12.9. The van der Waals surface area contributed by atoms with Crippen LogP contribution in [0.25, 0.3) is 34.2 Å². The Labute approximate surface area is 231 Å². The monoisotopic (exact) mass is 602 g/mol. The maximum absolute atomic E-state index is 13.2. The van der Waals surface area contributed by atoms with E-state index in [1.165, 1.54) is 36.0 Å². The van der Waals surface area contributed by atoms with Crippen LogP contribution in [0.2, 0.25) is 0 Å². The summed E-state index contributed by atoms with van der Waals surface area (Å²) in [5.74, 6) is -0.778. The van der Waals surface area contributed by atoms with Crippen LogP contribution >= 0.6 is 0 Å². The molecule has 210 valence electrons. The average molecular weight is 603 g/mol. The average Bonchev–Trinajstić information content (AvgIpc) is 3.55. The third-order valence-corrected chi connectivity index (χ3v) is 8.91. The van der Waals surface area contributed by atoms with Crippen LogP contribution in [0.3, 0.4) is 0 Å². The van der Waals surface area contributed by atoms with Crippen molar-refractivity contribution in [2.75, 3.05) is 5.75 Å². The lowest BCUT2D eigenvalue weighted by Crippen LogP contribution is -2.23. The number of pyridine rings is 1. The molecule has 0 fully saturated rings. The molecule has 3 aromatic heterocycles. The molecule has 0 saturated carbocycles. The van der Waals surface area contributed by atoms with Gasteiger partial charge in [-0.3, -0.25) is 0 Å². The van der Waals surface area contributed by atoms with Gasteiger partial charge in [-0.15, -0.1) is 0 Å². The molecule has 1 atom stereocenters. The summed E-state index contributed by atoms with van der Waals surface area (Å²) in [5.41, 5.74) is -4.67. The number of benzene rings is 2.